The number of nitrogens with zero attached hydrogens (tertiary/aromatic N) is 6. The molecule has 5 heterocycles. The number of benzene rings is 1. The molecule has 2 aliphatic heterocycles. The van der Waals surface area contributed by atoms with Gasteiger partial charge >= 0.3 is 0 Å². The summed E-state index contributed by atoms with van der Waals surface area (Å²) in [7, 11) is 2.17. The fourth-order valence-corrected chi connectivity index (χ4v) is 6.65. The number of rotatable bonds is 4. The molecule has 188 valence electrons. The average molecular weight is 520 g/mol. The van der Waals surface area contributed by atoms with Crippen molar-refractivity contribution in [2.24, 2.45) is 0 Å². The van der Waals surface area contributed by atoms with E-state index in [0.29, 0.717) is 29.0 Å². The first kappa shape index (κ1) is 22.7. The van der Waals surface area contributed by atoms with E-state index >= 15 is 4.39 Å². The Labute approximate surface area is 215 Å². The van der Waals surface area contributed by atoms with Gasteiger partial charge in [-0.2, -0.15) is 5.26 Å². The quantitative estimate of drug-likeness (QED) is 0.425. The first-order valence-electron chi connectivity index (χ1n) is 12.3. The molecular formula is C26H23F2N7OS. The van der Waals surface area contributed by atoms with E-state index in [1.54, 1.807) is 6.20 Å². The molecule has 37 heavy (non-hydrogen) atoms. The fraction of sp³-hybridized carbons (Fsp3) is 0.385. The van der Waals surface area contributed by atoms with Crippen LogP contribution in [0.4, 0.5) is 19.7 Å². The molecule has 3 aromatic heterocycles. The SMILES string of the molecule is CN(C1CC1)C1CCN(c2ncc3c4c(c(-c5ncc(F)c6sc(N)c(C#N)c56)c(F)c3n2)COC4)C1. The third-order valence-electron chi connectivity index (χ3n) is 7.88. The highest BCUT2D eigenvalue weighted by Crippen LogP contribution is 2.45. The van der Waals surface area contributed by atoms with Gasteiger partial charge in [0.2, 0.25) is 5.95 Å². The van der Waals surface area contributed by atoms with Crippen LogP contribution in [0.15, 0.2) is 12.4 Å². The number of nitriles is 1. The molecule has 2 N–H and O–H groups in total. The highest BCUT2D eigenvalue weighted by molar-refractivity contribution is 7.23. The number of ether oxygens (including phenoxy) is 1. The van der Waals surface area contributed by atoms with Crippen LogP contribution in [0, 0.1) is 23.0 Å². The van der Waals surface area contributed by atoms with Gasteiger partial charge in [0.1, 0.15) is 16.6 Å². The van der Waals surface area contributed by atoms with E-state index in [2.05, 4.69) is 26.8 Å². The van der Waals surface area contributed by atoms with Gasteiger partial charge in [-0.3, -0.25) is 9.88 Å². The smallest absolute Gasteiger partial charge is 0.226 e. The van der Waals surface area contributed by atoms with E-state index in [0.717, 1.165) is 42.6 Å². The monoisotopic (exact) mass is 519 g/mol. The van der Waals surface area contributed by atoms with Gasteiger partial charge < -0.3 is 15.4 Å². The van der Waals surface area contributed by atoms with Crippen molar-refractivity contribution in [3.8, 4) is 17.3 Å². The van der Waals surface area contributed by atoms with Crippen LogP contribution in [0.5, 0.6) is 0 Å². The number of hydrogen-bond donors (Lipinski definition) is 1. The van der Waals surface area contributed by atoms with Crippen LogP contribution >= 0.6 is 11.3 Å². The van der Waals surface area contributed by atoms with E-state index < -0.39 is 11.6 Å². The van der Waals surface area contributed by atoms with Crippen LogP contribution < -0.4 is 10.6 Å². The summed E-state index contributed by atoms with van der Waals surface area (Å²) in [6.07, 6.45) is 6.22. The minimum Gasteiger partial charge on any atom is -0.389 e. The van der Waals surface area contributed by atoms with Crippen LogP contribution in [0.3, 0.4) is 0 Å². The second-order valence-corrected chi connectivity index (χ2v) is 11.0. The minimum absolute atomic E-state index is 0.0976. The van der Waals surface area contributed by atoms with Crippen LogP contribution in [0.2, 0.25) is 0 Å². The van der Waals surface area contributed by atoms with Crippen molar-refractivity contribution in [1.82, 2.24) is 19.9 Å². The number of likely N-dealkylation sites (N-methyl/N-ethyl adjacent to an activating group) is 1. The Bertz CT molecular complexity index is 1640. The van der Waals surface area contributed by atoms with Crippen molar-refractivity contribution >= 4 is 43.3 Å². The largest absolute Gasteiger partial charge is 0.389 e. The van der Waals surface area contributed by atoms with Gasteiger partial charge in [0.25, 0.3) is 0 Å². The van der Waals surface area contributed by atoms with E-state index in [-0.39, 0.29) is 50.6 Å². The molecule has 4 aromatic rings. The summed E-state index contributed by atoms with van der Waals surface area (Å²) in [6.45, 7) is 2.04. The summed E-state index contributed by atoms with van der Waals surface area (Å²) in [5, 5.41) is 10.7. The lowest BCUT2D eigenvalue weighted by atomic mass is 9.94. The van der Waals surface area contributed by atoms with Gasteiger partial charge in [0, 0.05) is 47.7 Å². The predicted molar refractivity (Wildman–Crippen MR) is 137 cm³/mol. The molecule has 2 fully saturated rings. The maximum Gasteiger partial charge on any atom is 0.226 e. The maximum atomic E-state index is 16.4. The molecule has 1 aliphatic carbocycles. The van der Waals surface area contributed by atoms with Crippen molar-refractivity contribution in [1.29, 1.82) is 5.26 Å². The first-order chi connectivity index (χ1) is 18.0. The second kappa shape index (κ2) is 8.28. The maximum absolute atomic E-state index is 16.4. The zero-order valence-electron chi connectivity index (χ0n) is 20.1. The summed E-state index contributed by atoms with van der Waals surface area (Å²) in [6, 6.07) is 3.12. The molecule has 11 heteroatoms. The van der Waals surface area contributed by atoms with E-state index in [1.807, 2.05) is 6.07 Å². The van der Waals surface area contributed by atoms with Gasteiger partial charge in [0.15, 0.2) is 11.6 Å². The molecule has 1 aromatic carbocycles. The number of nitrogens with two attached hydrogens (primary N) is 1. The van der Waals surface area contributed by atoms with Crippen molar-refractivity contribution in [2.45, 2.75) is 44.6 Å². The van der Waals surface area contributed by atoms with Gasteiger partial charge in [-0.15, -0.1) is 11.3 Å². The Hall–Kier alpha value is -3.46. The van der Waals surface area contributed by atoms with Crippen LogP contribution in [-0.2, 0) is 18.0 Å². The molecule has 1 saturated carbocycles. The molecule has 3 aliphatic rings. The number of thiophene rings is 1. The van der Waals surface area contributed by atoms with Crippen LogP contribution in [-0.4, -0.2) is 52.1 Å². The Balaban J connectivity index is 1.40. The van der Waals surface area contributed by atoms with Gasteiger partial charge in [-0.25, -0.2) is 18.7 Å². The van der Waals surface area contributed by atoms with Crippen LogP contribution in [0.25, 0.3) is 32.2 Å². The van der Waals surface area contributed by atoms with Crippen molar-refractivity contribution in [2.75, 3.05) is 30.8 Å². The summed E-state index contributed by atoms with van der Waals surface area (Å²) < 4.78 is 37.0. The standard InChI is InChI=1S/C26H23F2N7OS/c1-34(12-2-3-12)13-4-5-35(9-13)26-32-7-15-16-10-36-11-17(16)19(21(28)22(15)33-26)23-20-14(6-29)25(30)37-24(20)18(27)8-31-23/h7-8,12-13H,2-5,9-11,30H2,1H3. The lowest BCUT2D eigenvalue weighted by Gasteiger charge is -2.24. The Morgan fingerprint density at radius 3 is 2.76 bits per heavy atom. The molecule has 0 radical (unpaired) electrons. The summed E-state index contributed by atoms with van der Waals surface area (Å²) >= 11 is 0.960. The molecule has 0 bridgehead atoms. The molecular weight excluding hydrogens is 496 g/mol. The molecule has 1 saturated heterocycles. The van der Waals surface area contributed by atoms with Crippen molar-refractivity contribution in [3.05, 3.63) is 40.7 Å². The minimum atomic E-state index is -0.601. The molecule has 0 spiro atoms. The van der Waals surface area contributed by atoms with Crippen molar-refractivity contribution < 1.29 is 13.5 Å². The topological polar surface area (TPSA) is 104 Å². The molecule has 7 rings (SSSR count). The molecule has 1 unspecified atom stereocenters. The number of halogens is 2. The second-order valence-electron chi connectivity index (χ2n) is 9.97. The average Bonchev–Trinajstić information content (AvgIpc) is 3.28. The predicted octanol–water partition coefficient (Wildman–Crippen LogP) is 4.34. The fourth-order valence-electron chi connectivity index (χ4n) is 5.73. The third kappa shape index (κ3) is 3.40. The lowest BCUT2D eigenvalue weighted by molar-refractivity contribution is 0.135. The van der Waals surface area contributed by atoms with Gasteiger partial charge in [-0.1, -0.05) is 0 Å². The molecule has 0 amide bonds. The van der Waals surface area contributed by atoms with Crippen molar-refractivity contribution in [3.63, 3.8) is 0 Å². The zero-order chi connectivity index (χ0) is 25.4. The van der Waals surface area contributed by atoms with Gasteiger partial charge in [0.05, 0.1) is 35.4 Å². The highest BCUT2D eigenvalue weighted by atomic mass is 32.1. The number of pyridine rings is 1. The Kier molecular flexibility index (Phi) is 5.08. The summed E-state index contributed by atoms with van der Waals surface area (Å²) in [5.41, 5.74) is 8.04. The normalized spacial score (nSPS) is 19.3. The third-order valence-corrected chi connectivity index (χ3v) is 8.90. The summed E-state index contributed by atoms with van der Waals surface area (Å²) in [5.74, 6) is -0.698. The number of aromatic nitrogens is 3. The van der Waals surface area contributed by atoms with E-state index in [9.17, 15) is 9.65 Å². The molecule has 1 atom stereocenters. The Morgan fingerprint density at radius 1 is 1.16 bits per heavy atom. The van der Waals surface area contributed by atoms with Gasteiger partial charge in [-0.05, 0) is 37.4 Å². The summed E-state index contributed by atoms with van der Waals surface area (Å²) in [4.78, 5) is 18.1. The number of fused-ring (bicyclic) bond motifs is 4. The number of hydrogen-bond acceptors (Lipinski definition) is 9. The zero-order valence-corrected chi connectivity index (χ0v) is 20.9. The number of anilines is 2. The van der Waals surface area contributed by atoms with E-state index in [4.69, 9.17) is 15.5 Å². The highest BCUT2D eigenvalue weighted by Gasteiger charge is 2.36. The Morgan fingerprint density at radius 2 is 1.97 bits per heavy atom. The first-order valence-corrected chi connectivity index (χ1v) is 13.1. The lowest BCUT2D eigenvalue weighted by Crippen LogP contribution is -2.36. The number of nitrogen functional groups attached to an aromatic ring is 1. The molecule has 8 nitrogen and oxygen atoms in total. The van der Waals surface area contributed by atoms with E-state index in [1.165, 1.54) is 12.8 Å². The van der Waals surface area contributed by atoms with Crippen LogP contribution in [0.1, 0.15) is 36.0 Å².